The van der Waals surface area contributed by atoms with Crippen LogP contribution in [0.25, 0.3) is 10.8 Å². The first-order valence-corrected chi connectivity index (χ1v) is 5.63. The zero-order valence-electron chi connectivity index (χ0n) is 9.53. The van der Waals surface area contributed by atoms with Crippen molar-refractivity contribution < 1.29 is 0 Å². The summed E-state index contributed by atoms with van der Waals surface area (Å²) in [6, 6.07) is 8.31. The van der Waals surface area contributed by atoms with Gasteiger partial charge < -0.3 is 10.6 Å². The molecule has 16 heavy (non-hydrogen) atoms. The molecule has 0 aliphatic carbocycles. The average molecular weight is 215 g/mol. The van der Waals surface area contributed by atoms with Crippen LogP contribution in [0.1, 0.15) is 6.42 Å². The summed E-state index contributed by atoms with van der Waals surface area (Å²) in [6.45, 7) is 2.03. The lowest BCUT2D eigenvalue weighted by Crippen LogP contribution is -2.12. The number of nitrogens with one attached hydrogen (secondary N) is 2. The largest absolute Gasteiger partial charge is 0.384 e. The molecule has 1 aromatic heterocycles. The van der Waals surface area contributed by atoms with Crippen molar-refractivity contribution in [3.63, 3.8) is 0 Å². The van der Waals surface area contributed by atoms with Gasteiger partial charge in [-0.25, -0.2) is 0 Å². The lowest BCUT2D eigenvalue weighted by atomic mass is 10.1. The third kappa shape index (κ3) is 2.49. The van der Waals surface area contributed by atoms with Crippen LogP contribution in [0.2, 0.25) is 0 Å². The van der Waals surface area contributed by atoms with E-state index in [1.54, 1.807) is 0 Å². The van der Waals surface area contributed by atoms with E-state index in [0.717, 1.165) is 19.5 Å². The van der Waals surface area contributed by atoms with Crippen LogP contribution >= 0.6 is 0 Å². The number of rotatable bonds is 5. The molecule has 2 rings (SSSR count). The van der Waals surface area contributed by atoms with Gasteiger partial charge in [0.15, 0.2) is 0 Å². The van der Waals surface area contributed by atoms with E-state index < -0.39 is 0 Å². The van der Waals surface area contributed by atoms with Gasteiger partial charge in [-0.05, 0) is 32.1 Å². The second-order valence-corrected chi connectivity index (χ2v) is 3.79. The van der Waals surface area contributed by atoms with Gasteiger partial charge in [-0.15, -0.1) is 0 Å². The van der Waals surface area contributed by atoms with E-state index >= 15 is 0 Å². The van der Waals surface area contributed by atoms with Crippen LogP contribution in [0.5, 0.6) is 0 Å². The molecule has 0 saturated heterocycles. The van der Waals surface area contributed by atoms with Crippen molar-refractivity contribution in [3.8, 4) is 0 Å². The van der Waals surface area contributed by atoms with Crippen molar-refractivity contribution in [1.82, 2.24) is 10.3 Å². The maximum absolute atomic E-state index is 4.13. The van der Waals surface area contributed by atoms with Gasteiger partial charge in [0.2, 0.25) is 0 Å². The molecule has 0 bridgehead atoms. The monoisotopic (exact) mass is 215 g/mol. The highest BCUT2D eigenvalue weighted by atomic mass is 14.9. The molecule has 0 fully saturated rings. The number of pyridine rings is 1. The Morgan fingerprint density at radius 1 is 1.19 bits per heavy atom. The molecule has 0 spiro atoms. The van der Waals surface area contributed by atoms with Gasteiger partial charge in [0.05, 0.1) is 0 Å². The SMILES string of the molecule is CNCCCNc1cccc2cnccc12. The summed E-state index contributed by atoms with van der Waals surface area (Å²) in [5.74, 6) is 0. The van der Waals surface area contributed by atoms with Crippen LogP contribution in [-0.2, 0) is 0 Å². The molecule has 0 unspecified atom stereocenters. The Balaban J connectivity index is 2.11. The zero-order chi connectivity index (χ0) is 11.2. The topological polar surface area (TPSA) is 37.0 Å². The Bertz CT molecular complexity index is 448. The fourth-order valence-corrected chi connectivity index (χ4v) is 1.76. The highest BCUT2D eigenvalue weighted by Gasteiger charge is 1.98. The normalized spacial score (nSPS) is 10.6. The van der Waals surface area contributed by atoms with Gasteiger partial charge in [-0.2, -0.15) is 0 Å². The van der Waals surface area contributed by atoms with E-state index in [4.69, 9.17) is 0 Å². The average Bonchev–Trinajstić information content (AvgIpc) is 2.35. The molecule has 0 aliphatic heterocycles. The van der Waals surface area contributed by atoms with E-state index in [-0.39, 0.29) is 0 Å². The van der Waals surface area contributed by atoms with Crippen LogP contribution in [-0.4, -0.2) is 25.1 Å². The number of benzene rings is 1. The van der Waals surface area contributed by atoms with Crippen molar-refractivity contribution in [2.45, 2.75) is 6.42 Å². The molecular weight excluding hydrogens is 198 g/mol. The number of nitrogens with zero attached hydrogens (tertiary/aromatic N) is 1. The fraction of sp³-hybridized carbons (Fsp3) is 0.308. The highest BCUT2D eigenvalue weighted by molar-refractivity contribution is 5.93. The van der Waals surface area contributed by atoms with Crippen LogP contribution in [0.4, 0.5) is 5.69 Å². The fourth-order valence-electron chi connectivity index (χ4n) is 1.76. The summed E-state index contributed by atoms with van der Waals surface area (Å²) in [4.78, 5) is 4.13. The third-order valence-corrected chi connectivity index (χ3v) is 2.60. The van der Waals surface area contributed by atoms with E-state index in [1.807, 2.05) is 19.4 Å². The lowest BCUT2D eigenvalue weighted by molar-refractivity contribution is 0.748. The molecule has 84 valence electrons. The molecule has 0 amide bonds. The van der Waals surface area contributed by atoms with Gasteiger partial charge >= 0.3 is 0 Å². The number of aromatic nitrogens is 1. The van der Waals surface area contributed by atoms with E-state index in [2.05, 4.69) is 39.9 Å². The summed E-state index contributed by atoms with van der Waals surface area (Å²) >= 11 is 0. The third-order valence-electron chi connectivity index (χ3n) is 2.60. The molecule has 0 saturated carbocycles. The van der Waals surface area contributed by atoms with E-state index in [1.165, 1.54) is 16.5 Å². The maximum Gasteiger partial charge on any atom is 0.0420 e. The predicted molar refractivity (Wildman–Crippen MR) is 68.8 cm³/mol. The molecule has 1 heterocycles. The van der Waals surface area contributed by atoms with Gasteiger partial charge in [-0.3, -0.25) is 4.98 Å². The van der Waals surface area contributed by atoms with Gasteiger partial charge in [0, 0.05) is 35.4 Å². The highest BCUT2D eigenvalue weighted by Crippen LogP contribution is 2.21. The standard InChI is InChI=1S/C13H17N3/c1-14-7-3-8-16-13-5-2-4-11-10-15-9-6-12(11)13/h2,4-6,9-10,14,16H,3,7-8H2,1H3. The first-order valence-electron chi connectivity index (χ1n) is 5.63. The molecule has 3 heteroatoms. The Morgan fingerprint density at radius 3 is 3.00 bits per heavy atom. The summed E-state index contributed by atoms with van der Waals surface area (Å²) in [5, 5.41) is 9.02. The maximum atomic E-state index is 4.13. The van der Waals surface area contributed by atoms with Crippen LogP contribution in [0.15, 0.2) is 36.7 Å². The summed E-state index contributed by atoms with van der Waals surface area (Å²) in [5.41, 5.74) is 1.19. The number of hydrogen-bond acceptors (Lipinski definition) is 3. The Hall–Kier alpha value is -1.61. The molecule has 1 aromatic carbocycles. The predicted octanol–water partition coefficient (Wildman–Crippen LogP) is 2.26. The van der Waals surface area contributed by atoms with E-state index in [0.29, 0.717) is 0 Å². The van der Waals surface area contributed by atoms with Crippen LogP contribution in [0.3, 0.4) is 0 Å². The van der Waals surface area contributed by atoms with Gasteiger partial charge in [0.25, 0.3) is 0 Å². The molecule has 2 aromatic rings. The number of fused-ring (bicyclic) bond motifs is 1. The number of anilines is 1. The van der Waals surface area contributed by atoms with E-state index in [9.17, 15) is 0 Å². The second-order valence-electron chi connectivity index (χ2n) is 3.79. The molecular formula is C13H17N3. The minimum Gasteiger partial charge on any atom is -0.384 e. The lowest BCUT2D eigenvalue weighted by Gasteiger charge is -2.09. The minimum atomic E-state index is 0.988. The quantitative estimate of drug-likeness (QED) is 0.751. The van der Waals surface area contributed by atoms with Crippen molar-refractivity contribution in [1.29, 1.82) is 0 Å². The van der Waals surface area contributed by atoms with Crippen LogP contribution in [0, 0.1) is 0 Å². The molecule has 0 radical (unpaired) electrons. The Labute approximate surface area is 95.9 Å². The first kappa shape index (κ1) is 10.9. The zero-order valence-corrected chi connectivity index (χ0v) is 9.53. The van der Waals surface area contributed by atoms with Crippen molar-refractivity contribution >= 4 is 16.5 Å². The van der Waals surface area contributed by atoms with Crippen molar-refractivity contribution in [2.75, 3.05) is 25.5 Å². The van der Waals surface area contributed by atoms with Crippen molar-refractivity contribution in [3.05, 3.63) is 36.7 Å². The summed E-state index contributed by atoms with van der Waals surface area (Å²) in [7, 11) is 1.98. The van der Waals surface area contributed by atoms with Crippen LogP contribution < -0.4 is 10.6 Å². The smallest absolute Gasteiger partial charge is 0.0420 e. The first-order chi connectivity index (χ1) is 7.92. The minimum absolute atomic E-state index is 0.988. The molecule has 3 nitrogen and oxygen atoms in total. The molecule has 0 aliphatic rings. The second kappa shape index (κ2) is 5.47. The Kier molecular flexibility index (Phi) is 3.72. The molecule has 2 N–H and O–H groups in total. The number of hydrogen-bond donors (Lipinski definition) is 2. The summed E-state index contributed by atoms with van der Waals surface area (Å²) in [6.07, 6.45) is 4.85. The van der Waals surface area contributed by atoms with Gasteiger partial charge in [0.1, 0.15) is 0 Å². The van der Waals surface area contributed by atoms with Crippen molar-refractivity contribution in [2.24, 2.45) is 0 Å². The Morgan fingerprint density at radius 2 is 2.12 bits per heavy atom. The summed E-state index contributed by atoms with van der Waals surface area (Å²) < 4.78 is 0. The van der Waals surface area contributed by atoms with Gasteiger partial charge in [-0.1, -0.05) is 12.1 Å². The molecule has 0 atom stereocenters.